The summed E-state index contributed by atoms with van der Waals surface area (Å²) in [5.74, 6) is 0.995. The van der Waals surface area contributed by atoms with E-state index in [4.69, 9.17) is 0 Å². The molecule has 0 unspecified atom stereocenters. The number of imidazole rings is 1. The van der Waals surface area contributed by atoms with E-state index in [9.17, 15) is 0 Å². The van der Waals surface area contributed by atoms with E-state index in [1.807, 2.05) is 24.7 Å². The molecule has 0 spiro atoms. The minimum atomic E-state index is 0. The zero-order valence-corrected chi connectivity index (χ0v) is 7.04. The molecule has 0 bridgehead atoms. The molecule has 1 aromatic heterocycles. The highest BCUT2D eigenvalue weighted by Gasteiger charge is 1.92. The fraction of sp³-hybridized carbons (Fsp3) is 0.400. The van der Waals surface area contributed by atoms with Gasteiger partial charge in [-0.15, -0.1) is 25.0 Å². The summed E-state index contributed by atoms with van der Waals surface area (Å²) in [5, 5.41) is 0.782. The van der Waals surface area contributed by atoms with Crippen LogP contribution in [0.5, 0.6) is 0 Å². The molecule has 0 radical (unpaired) electrons. The maximum Gasteiger partial charge on any atom is 0.111 e. The Labute approximate surface area is 66.1 Å². The maximum atomic E-state index is 4.04. The molecule has 0 atom stereocenters. The monoisotopic (exact) mass is 164 g/mol. The van der Waals surface area contributed by atoms with Crippen molar-refractivity contribution in [1.29, 1.82) is 0 Å². The molecular formula is C5H9ClN2S. The third-order valence-corrected chi connectivity index (χ3v) is 1.31. The van der Waals surface area contributed by atoms with E-state index in [1.165, 1.54) is 0 Å². The molecule has 4 heteroatoms. The average Bonchev–Trinajstić information content (AvgIpc) is 1.85. The first-order valence-corrected chi connectivity index (χ1v) is 2.84. The van der Waals surface area contributed by atoms with Gasteiger partial charge in [-0.25, -0.2) is 4.98 Å². The Kier molecular flexibility index (Phi) is 3.08. The summed E-state index contributed by atoms with van der Waals surface area (Å²) in [5.41, 5.74) is 0. The number of aromatic nitrogens is 2. The van der Waals surface area contributed by atoms with Crippen LogP contribution in [0.15, 0.2) is 11.2 Å². The molecule has 1 heterocycles. The lowest BCUT2D eigenvalue weighted by Gasteiger charge is -1.87. The second-order valence-corrected chi connectivity index (χ2v) is 2.22. The molecule has 0 fully saturated rings. The third-order valence-electron chi connectivity index (χ3n) is 1.10. The summed E-state index contributed by atoms with van der Waals surface area (Å²) >= 11 is 4.04. The number of halogens is 1. The van der Waals surface area contributed by atoms with Crippen molar-refractivity contribution in [3.63, 3.8) is 0 Å². The van der Waals surface area contributed by atoms with Crippen LogP contribution in [0.3, 0.4) is 0 Å². The van der Waals surface area contributed by atoms with Crippen LogP contribution in [0.25, 0.3) is 0 Å². The second-order valence-electron chi connectivity index (χ2n) is 1.76. The van der Waals surface area contributed by atoms with Crippen LogP contribution < -0.4 is 0 Å². The number of nitrogens with zero attached hydrogens (tertiary/aromatic N) is 2. The first kappa shape index (κ1) is 8.85. The van der Waals surface area contributed by atoms with Gasteiger partial charge in [0.1, 0.15) is 10.9 Å². The largest absolute Gasteiger partial charge is 0.337 e. The van der Waals surface area contributed by atoms with Gasteiger partial charge in [0.15, 0.2) is 0 Å². The van der Waals surface area contributed by atoms with Crippen molar-refractivity contribution in [2.45, 2.75) is 11.9 Å². The van der Waals surface area contributed by atoms with E-state index in [1.54, 1.807) is 0 Å². The number of aryl methyl sites for hydroxylation is 2. The van der Waals surface area contributed by atoms with Gasteiger partial charge in [-0.05, 0) is 6.92 Å². The van der Waals surface area contributed by atoms with Crippen LogP contribution in [0.4, 0.5) is 0 Å². The zero-order valence-electron chi connectivity index (χ0n) is 5.33. The number of hydrogen-bond donors (Lipinski definition) is 1. The molecule has 9 heavy (non-hydrogen) atoms. The summed E-state index contributed by atoms with van der Waals surface area (Å²) in [6, 6.07) is 0. The highest BCUT2D eigenvalue weighted by atomic mass is 35.5. The van der Waals surface area contributed by atoms with Crippen molar-refractivity contribution in [2.24, 2.45) is 7.05 Å². The van der Waals surface area contributed by atoms with Crippen LogP contribution in [0.1, 0.15) is 5.82 Å². The summed E-state index contributed by atoms with van der Waals surface area (Å²) in [4.78, 5) is 4.04. The Morgan fingerprint density at radius 1 is 1.67 bits per heavy atom. The highest BCUT2D eigenvalue weighted by Crippen LogP contribution is 2.02. The van der Waals surface area contributed by atoms with E-state index in [-0.39, 0.29) is 12.4 Å². The number of rotatable bonds is 0. The van der Waals surface area contributed by atoms with Crippen LogP contribution in [-0.4, -0.2) is 9.55 Å². The smallest absolute Gasteiger partial charge is 0.111 e. The maximum absolute atomic E-state index is 4.04. The molecule has 0 saturated carbocycles. The molecule has 0 saturated heterocycles. The Hall–Kier alpha value is -0.150. The molecule has 1 aromatic rings. The van der Waals surface area contributed by atoms with Crippen molar-refractivity contribution < 1.29 is 0 Å². The zero-order chi connectivity index (χ0) is 6.15. The van der Waals surface area contributed by atoms with Gasteiger partial charge in [0, 0.05) is 13.2 Å². The second kappa shape index (κ2) is 3.13. The Balaban J connectivity index is 0.000000640. The molecule has 2 nitrogen and oxygen atoms in total. The Bertz CT molecular complexity index is 177. The minimum absolute atomic E-state index is 0. The summed E-state index contributed by atoms with van der Waals surface area (Å²) in [6.07, 6.45) is 1.87. The normalized spacial score (nSPS) is 8.78. The molecule has 0 aromatic carbocycles. The Morgan fingerprint density at radius 2 is 2.22 bits per heavy atom. The Morgan fingerprint density at radius 3 is 2.33 bits per heavy atom. The van der Waals surface area contributed by atoms with Crippen molar-refractivity contribution in [2.75, 3.05) is 0 Å². The van der Waals surface area contributed by atoms with Gasteiger partial charge in [0.05, 0.1) is 0 Å². The predicted octanol–water partition coefficient (Wildman–Crippen LogP) is 1.44. The van der Waals surface area contributed by atoms with Gasteiger partial charge in [0.2, 0.25) is 0 Å². The average molecular weight is 165 g/mol. The number of thiol groups is 1. The van der Waals surface area contributed by atoms with E-state index in [0.29, 0.717) is 0 Å². The molecule has 0 aliphatic rings. The summed E-state index contributed by atoms with van der Waals surface area (Å²) in [7, 11) is 1.95. The van der Waals surface area contributed by atoms with Crippen molar-refractivity contribution in [3.05, 3.63) is 12.0 Å². The molecule has 0 aliphatic heterocycles. The van der Waals surface area contributed by atoms with Crippen molar-refractivity contribution in [1.82, 2.24) is 9.55 Å². The van der Waals surface area contributed by atoms with Gasteiger partial charge in [-0.2, -0.15) is 0 Å². The SMILES string of the molecule is Cc1nc(S)cn1C.Cl. The lowest BCUT2D eigenvalue weighted by Crippen LogP contribution is -1.86. The molecular weight excluding hydrogens is 156 g/mol. The van der Waals surface area contributed by atoms with Crippen LogP contribution in [-0.2, 0) is 7.05 Å². The van der Waals surface area contributed by atoms with Gasteiger partial charge in [-0.1, -0.05) is 0 Å². The molecule has 1 rings (SSSR count). The van der Waals surface area contributed by atoms with Gasteiger partial charge < -0.3 is 4.57 Å². The molecule has 0 N–H and O–H groups in total. The van der Waals surface area contributed by atoms with E-state index >= 15 is 0 Å². The van der Waals surface area contributed by atoms with E-state index < -0.39 is 0 Å². The molecule has 52 valence electrons. The van der Waals surface area contributed by atoms with Gasteiger partial charge in [-0.3, -0.25) is 0 Å². The quantitative estimate of drug-likeness (QED) is 0.575. The van der Waals surface area contributed by atoms with Crippen LogP contribution in [0.2, 0.25) is 0 Å². The number of hydrogen-bond acceptors (Lipinski definition) is 2. The third kappa shape index (κ3) is 1.91. The first-order chi connectivity index (χ1) is 3.70. The fourth-order valence-corrected chi connectivity index (χ4v) is 0.858. The minimum Gasteiger partial charge on any atom is -0.337 e. The van der Waals surface area contributed by atoms with Crippen LogP contribution in [0, 0.1) is 6.92 Å². The van der Waals surface area contributed by atoms with E-state index in [2.05, 4.69) is 17.6 Å². The molecule has 0 aliphatic carbocycles. The lowest BCUT2D eigenvalue weighted by atomic mass is 10.7. The summed E-state index contributed by atoms with van der Waals surface area (Å²) in [6.45, 7) is 1.94. The fourth-order valence-electron chi connectivity index (χ4n) is 0.540. The highest BCUT2D eigenvalue weighted by molar-refractivity contribution is 7.80. The predicted molar refractivity (Wildman–Crippen MR) is 42.4 cm³/mol. The van der Waals surface area contributed by atoms with Gasteiger partial charge in [0.25, 0.3) is 0 Å². The van der Waals surface area contributed by atoms with E-state index in [0.717, 1.165) is 10.9 Å². The van der Waals surface area contributed by atoms with Crippen LogP contribution >= 0.6 is 25.0 Å². The first-order valence-electron chi connectivity index (χ1n) is 2.39. The van der Waals surface area contributed by atoms with Gasteiger partial charge >= 0.3 is 0 Å². The standard InChI is InChI=1S/C5H8N2S.ClH/c1-4-6-5(8)3-7(4)2;/h3,8H,1-2H3;1H. The lowest BCUT2D eigenvalue weighted by molar-refractivity contribution is 0.858. The van der Waals surface area contributed by atoms with Crippen molar-refractivity contribution in [3.8, 4) is 0 Å². The topological polar surface area (TPSA) is 17.8 Å². The van der Waals surface area contributed by atoms with Crippen molar-refractivity contribution >= 4 is 25.0 Å². The molecule has 0 amide bonds. The summed E-state index contributed by atoms with van der Waals surface area (Å²) < 4.78 is 1.93.